The normalized spacial score (nSPS) is 15.9. The van der Waals surface area contributed by atoms with Crippen LogP contribution < -0.4 is 18.9 Å². The molecule has 2 aliphatic heterocycles. The van der Waals surface area contributed by atoms with Crippen molar-refractivity contribution in [3.63, 3.8) is 0 Å². The summed E-state index contributed by atoms with van der Waals surface area (Å²) in [7, 11) is 3.05. The Bertz CT molecular complexity index is 1660. The number of phenolic OH excluding ortho intramolecular Hbond substituents is 4. The van der Waals surface area contributed by atoms with Crippen LogP contribution in [0.15, 0.2) is 66.7 Å². The smallest absolute Gasteiger partial charge is 0.142 e. The summed E-state index contributed by atoms with van der Waals surface area (Å²) < 4.78 is 23.3. The molecule has 0 aromatic heterocycles. The predicted octanol–water partition coefficient (Wildman–Crippen LogP) is 5.75. The van der Waals surface area contributed by atoms with Crippen LogP contribution in [0.1, 0.15) is 33.7 Å². The fraction of sp³-hybridized carbons (Fsp3) is 0.188. The maximum absolute atomic E-state index is 11.1. The van der Waals surface area contributed by atoms with Gasteiger partial charge in [-0.3, -0.25) is 0 Å². The van der Waals surface area contributed by atoms with Gasteiger partial charge < -0.3 is 39.4 Å². The first-order valence-electron chi connectivity index (χ1n) is 12.8. The van der Waals surface area contributed by atoms with E-state index in [4.69, 9.17) is 18.9 Å². The lowest BCUT2D eigenvalue weighted by Crippen LogP contribution is -2.19. The maximum Gasteiger partial charge on any atom is 0.142 e. The van der Waals surface area contributed by atoms with Crippen LogP contribution in [0, 0.1) is 0 Å². The molecule has 0 fully saturated rings. The number of methoxy groups -OCH3 is 2. The van der Waals surface area contributed by atoms with Crippen molar-refractivity contribution in [3.8, 4) is 46.0 Å². The number of benzene rings is 4. The quantitative estimate of drug-likeness (QED) is 0.253. The van der Waals surface area contributed by atoms with E-state index in [0.29, 0.717) is 64.9 Å². The highest BCUT2D eigenvalue weighted by atomic mass is 16.5. The van der Waals surface area contributed by atoms with Crippen molar-refractivity contribution < 1.29 is 39.4 Å². The maximum atomic E-state index is 11.1. The lowest BCUT2D eigenvalue weighted by molar-refractivity contribution is 0.258. The number of fused-ring (bicyclic) bond motifs is 2. The second-order valence-electron chi connectivity index (χ2n) is 9.88. The van der Waals surface area contributed by atoms with Crippen LogP contribution in [0.3, 0.4) is 0 Å². The second-order valence-corrected chi connectivity index (χ2v) is 9.88. The molecule has 2 heterocycles. The molecular formula is C32H28O8. The molecule has 2 aliphatic rings. The van der Waals surface area contributed by atoms with Crippen LogP contribution >= 0.6 is 0 Å². The van der Waals surface area contributed by atoms with Crippen molar-refractivity contribution in [3.05, 3.63) is 94.5 Å². The number of hydrogen-bond acceptors (Lipinski definition) is 8. The molecule has 1 unspecified atom stereocenters. The van der Waals surface area contributed by atoms with Crippen molar-refractivity contribution >= 4 is 11.3 Å². The number of rotatable bonds is 5. The Kier molecular flexibility index (Phi) is 6.30. The van der Waals surface area contributed by atoms with Gasteiger partial charge in [0, 0.05) is 53.3 Å². The van der Waals surface area contributed by atoms with Crippen LogP contribution in [0.4, 0.5) is 0 Å². The first-order chi connectivity index (χ1) is 19.3. The lowest BCUT2D eigenvalue weighted by Gasteiger charge is -2.29. The Balaban J connectivity index is 1.50. The average molecular weight is 541 g/mol. The zero-order valence-electron chi connectivity index (χ0n) is 22.0. The van der Waals surface area contributed by atoms with E-state index in [-0.39, 0.29) is 28.9 Å². The van der Waals surface area contributed by atoms with Gasteiger partial charge in [-0.05, 0) is 47.9 Å². The molecular weight excluding hydrogens is 512 g/mol. The average Bonchev–Trinajstić information content (AvgIpc) is 2.96. The van der Waals surface area contributed by atoms with Crippen molar-refractivity contribution in [2.24, 2.45) is 0 Å². The Hall–Kier alpha value is -4.98. The van der Waals surface area contributed by atoms with E-state index in [1.165, 1.54) is 20.3 Å². The highest BCUT2D eigenvalue weighted by Crippen LogP contribution is 2.47. The molecule has 4 N–H and O–H groups in total. The van der Waals surface area contributed by atoms with Crippen LogP contribution in [-0.2, 0) is 12.8 Å². The molecule has 0 bridgehead atoms. The van der Waals surface area contributed by atoms with Gasteiger partial charge in [-0.25, -0.2) is 0 Å². The van der Waals surface area contributed by atoms with Gasteiger partial charge in [-0.2, -0.15) is 0 Å². The Morgan fingerprint density at radius 3 is 2.20 bits per heavy atom. The molecule has 0 aliphatic carbocycles. The number of allylic oxidation sites excluding steroid dienone is 1. The summed E-state index contributed by atoms with van der Waals surface area (Å²) in [5.74, 6) is 2.53. The number of ether oxygens (including phenoxy) is 4. The van der Waals surface area contributed by atoms with Crippen molar-refractivity contribution in [1.82, 2.24) is 0 Å². The van der Waals surface area contributed by atoms with E-state index in [2.05, 4.69) is 0 Å². The van der Waals surface area contributed by atoms with Gasteiger partial charge in [0.25, 0.3) is 0 Å². The molecule has 0 saturated carbocycles. The third-order valence-electron chi connectivity index (χ3n) is 7.42. The molecule has 40 heavy (non-hydrogen) atoms. The van der Waals surface area contributed by atoms with Crippen LogP contribution in [0.2, 0.25) is 0 Å². The SMILES string of the molecule is COc1ccc(C2=C(c3cc(C4COc5cc(O)ccc5C4)c(O)cc3OC)Cc3ccc(O)cc3O2)c(O)c1. The summed E-state index contributed by atoms with van der Waals surface area (Å²) in [6, 6.07) is 18.4. The summed E-state index contributed by atoms with van der Waals surface area (Å²) in [5.41, 5.74) is 4.32. The van der Waals surface area contributed by atoms with Gasteiger partial charge >= 0.3 is 0 Å². The first-order valence-corrected chi connectivity index (χ1v) is 12.8. The lowest BCUT2D eigenvalue weighted by atomic mass is 9.85. The fourth-order valence-corrected chi connectivity index (χ4v) is 5.37. The summed E-state index contributed by atoms with van der Waals surface area (Å²) in [6.07, 6.45) is 1.03. The Morgan fingerprint density at radius 2 is 1.48 bits per heavy atom. The van der Waals surface area contributed by atoms with E-state index in [1.54, 1.807) is 48.5 Å². The molecule has 0 radical (unpaired) electrons. The van der Waals surface area contributed by atoms with Crippen LogP contribution in [0.25, 0.3) is 11.3 Å². The third-order valence-corrected chi connectivity index (χ3v) is 7.42. The summed E-state index contributed by atoms with van der Waals surface area (Å²) in [6.45, 7) is 0.319. The van der Waals surface area contributed by atoms with E-state index in [0.717, 1.165) is 16.7 Å². The van der Waals surface area contributed by atoms with Gasteiger partial charge in [0.15, 0.2) is 0 Å². The fourth-order valence-electron chi connectivity index (χ4n) is 5.37. The van der Waals surface area contributed by atoms with Crippen molar-refractivity contribution in [2.45, 2.75) is 18.8 Å². The minimum Gasteiger partial charge on any atom is -0.508 e. The molecule has 0 amide bonds. The molecule has 1 atom stereocenters. The Morgan fingerprint density at radius 1 is 0.725 bits per heavy atom. The van der Waals surface area contributed by atoms with Crippen molar-refractivity contribution in [1.29, 1.82) is 0 Å². The predicted molar refractivity (Wildman–Crippen MR) is 149 cm³/mol. The highest BCUT2D eigenvalue weighted by Gasteiger charge is 2.30. The molecule has 0 saturated heterocycles. The van der Waals surface area contributed by atoms with E-state index >= 15 is 0 Å². The molecule has 8 heteroatoms. The number of hydrogen-bond donors (Lipinski definition) is 4. The van der Waals surface area contributed by atoms with Crippen LogP contribution in [-0.4, -0.2) is 41.3 Å². The highest BCUT2D eigenvalue weighted by molar-refractivity contribution is 5.94. The largest absolute Gasteiger partial charge is 0.508 e. The van der Waals surface area contributed by atoms with Gasteiger partial charge in [0.2, 0.25) is 0 Å². The molecule has 0 spiro atoms. The van der Waals surface area contributed by atoms with Crippen molar-refractivity contribution in [2.75, 3.05) is 20.8 Å². The molecule has 6 rings (SSSR count). The summed E-state index contributed by atoms with van der Waals surface area (Å²) in [5, 5.41) is 41.9. The van der Waals surface area contributed by atoms with Crippen LogP contribution in [0.5, 0.6) is 46.0 Å². The minimum absolute atomic E-state index is 0.0334. The van der Waals surface area contributed by atoms with E-state index in [1.807, 2.05) is 12.1 Å². The van der Waals surface area contributed by atoms with E-state index in [9.17, 15) is 20.4 Å². The monoisotopic (exact) mass is 540 g/mol. The second kappa shape index (κ2) is 9.96. The standard InChI is InChI=1S/C32H28O8/c1-37-22-7-8-23(27(35)13-22)32-26(10-18-4-6-21(34)12-30(18)40-32)25-14-24(28(36)15-31(25)38-2)19-9-17-3-5-20(33)11-29(17)39-16-19/h3-8,11-15,19,33-36H,9-10,16H2,1-2H3. The third kappa shape index (κ3) is 4.47. The topological polar surface area (TPSA) is 118 Å². The van der Waals surface area contributed by atoms with E-state index < -0.39 is 0 Å². The number of phenols is 4. The first kappa shape index (κ1) is 25.3. The molecule has 8 nitrogen and oxygen atoms in total. The van der Waals surface area contributed by atoms with Gasteiger partial charge in [-0.15, -0.1) is 0 Å². The zero-order valence-corrected chi connectivity index (χ0v) is 22.0. The number of aromatic hydroxyl groups is 4. The zero-order chi connectivity index (χ0) is 28.0. The molecule has 4 aromatic rings. The molecule has 204 valence electrons. The summed E-state index contributed by atoms with van der Waals surface area (Å²) in [4.78, 5) is 0. The molecule has 4 aromatic carbocycles. The van der Waals surface area contributed by atoms with Gasteiger partial charge in [0.05, 0.1) is 26.4 Å². The van der Waals surface area contributed by atoms with Gasteiger partial charge in [-0.1, -0.05) is 12.1 Å². The Labute approximate surface area is 230 Å². The minimum atomic E-state index is -0.158. The van der Waals surface area contributed by atoms with Gasteiger partial charge in [0.1, 0.15) is 51.8 Å². The summed E-state index contributed by atoms with van der Waals surface area (Å²) >= 11 is 0.